The quantitative estimate of drug-likeness (QED) is 0.779. The predicted octanol–water partition coefficient (Wildman–Crippen LogP) is 2.24. The van der Waals surface area contributed by atoms with Gasteiger partial charge in [0.1, 0.15) is 0 Å². The number of benzene rings is 1. The van der Waals surface area contributed by atoms with E-state index in [1.807, 2.05) is 48.1 Å². The van der Waals surface area contributed by atoms with Crippen molar-refractivity contribution in [3.8, 4) is 0 Å². The molecule has 2 heterocycles. The van der Waals surface area contributed by atoms with E-state index in [0.29, 0.717) is 6.42 Å². The topological polar surface area (TPSA) is 50.9 Å². The summed E-state index contributed by atoms with van der Waals surface area (Å²) < 4.78 is 1.85. The average molecular weight is 253 g/mol. The zero-order valence-electron chi connectivity index (χ0n) is 10.7. The van der Waals surface area contributed by atoms with Crippen LogP contribution in [0.3, 0.4) is 0 Å². The minimum absolute atomic E-state index is 0.505. The van der Waals surface area contributed by atoms with Crippen molar-refractivity contribution < 1.29 is 5.11 Å². The third kappa shape index (κ3) is 2.22. The predicted molar refractivity (Wildman–Crippen MR) is 73.6 cm³/mol. The van der Waals surface area contributed by atoms with E-state index in [4.69, 9.17) is 0 Å². The second-order valence-electron chi connectivity index (χ2n) is 4.59. The summed E-state index contributed by atoms with van der Waals surface area (Å²) in [5.74, 6) is 0. The summed E-state index contributed by atoms with van der Waals surface area (Å²) in [5, 5.41) is 15.9. The second-order valence-corrected chi connectivity index (χ2v) is 4.59. The zero-order chi connectivity index (χ0) is 13.2. The molecule has 19 heavy (non-hydrogen) atoms. The van der Waals surface area contributed by atoms with Gasteiger partial charge in [-0.3, -0.25) is 9.67 Å². The molecule has 0 saturated carbocycles. The zero-order valence-corrected chi connectivity index (χ0v) is 10.7. The third-order valence-corrected chi connectivity index (χ3v) is 3.31. The number of rotatable bonds is 3. The number of hydrogen-bond donors (Lipinski definition) is 1. The van der Waals surface area contributed by atoms with Crippen molar-refractivity contribution in [1.82, 2.24) is 14.8 Å². The van der Waals surface area contributed by atoms with Gasteiger partial charge in [-0.2, -0.15) is 5.10 Å². The van der Waals surface area contributed by atoms with E-state index < -0.39 is 6.10 Å². The molecule has 2 aromatic heterocycles. The molecule has 96 valence electrons. The highest BCUT2D eigenvalue weighted by molar-refractivity contribution is 5.81. The van der Waals surface area contributed by atoms with Gasteiger partial charge in [0.25, 0.3) is 0 Å². The summed E-state index contributed by atoms with van der Waals surface area (Å²) in [4.78, 5) is 3.96. The van der Waals surface area contributed by atoms with Gasteiger partial charge < -0.3 is 5.11 Å². The molecule has 0 radical (unpaired) electrons. The molecule has 0 aliphatic rings. The lowest BCUT2D eigenvalue weighted by Crippen LogP contribution is -2.03. The number of hydrogen-bond acceptors (Lipinski definition) is 3. The van der Waals surface area contributed by atoms with E-state index in [-0.39, 0.29) is 0 Å². The number of nitrogens with zero attached hydrogens (tertiary/aromatic N) is 3. The SMILES string of the molecule is Cn1nc(CC(O)c2ccncc2)c2ccccc21. The van der Waals surface area contributed by atoms with E-state index >= 15 is 0 Å². The fourth-order valence-corrected chi connectivity index (χ4v) is 2.33. The summed E-state index contributed by atoms with van der Waals surface area (Å²) in [7, 11) is 1.92. The van der Waals surface area contributed by atoms with E-state index in [0.717, 1.165) is 22.2 Å². The standard InChI is InChI=1S/C15H15N3O/c1-18-14-5-3-2-4-12(14)13(17-18)10-15(19)11-6-8-16-9-7-11/h2-9,15,19H,10H2,1H3. The number of aliphatic hydroxyl groups excluding tert-OH is 1. The van der Waals surface area contributed by atoms with Gasteiger partial charge in [-0.15, -0.1) is 0 Å². The Hall–Kier alpha value is -2.20. The van der Waals surface area contributed by atoms with Crippen molar-refractivity contribution in [2.75, 3.05) is 0 Å². The monoisotopic (exact) mass is 253 g/mol. The van der Waals surface area contributed by atoms with Crippen molar-refractivity contribution in [2.45, 2.75) is 12.5 Å². The highest BCUT2D eigenvalue weighted by atomic mass is 16.3. The van der Waals surface area contributed by atoms with E-state index in [2.05, 4.69) is 10.1 Å². The number of para-hydroxylation sites is 1. The average Bonchev–Trinajstić information content (AvgIpc) is 2.77. The van der Waals surface area contributed by atoms with Crippen molar-refractivity contribution in [1.29, 1.82) is 0 Å². The van der Waals surface area contributed by atoms with Crippen molar-refractivity contribution in [3.63, 3.8) is 0 Å². The lowest BCUT2D eigenvalue weighted by molar-refractivity contribution is 0.177. The molecule has 0 spiro atoms. The molecular formula is C15H15N3O. The number of aromatic nitrogens is 3. The largest absolute Gasteiger partial charge is 0.388 e. The Kier molecular flexibility index (Phi) is 3.01. The van der Waals surface area contributed by atoms with E-state index in [1.54, 1.807) is 12.4 Å². The van der Waals surface area contributed by atoms with Crippen molar-refractivity contribution in [2.24, 2.45) is 7.05 Å². The number of pyridine rings is 1. The molecule has 0 aliphatic carbocycles. The third-order valence-electron chi connectivity index (χ3n) is 3.31. The Morgan fingerprint density at radius 3 is 2.68 bits per heavy atom. The smallest absolute Gasteiger partial charge is 0.0847 e. The molecule has 1 unspecified atom stereocenters. The molecule has 1 atom stereocenters. The number of aliphatic hydroxyl groups is 1. The summed E-state index contributed by atoms with van der Waals surface area (Å²) in [6.45, 7) is 0. The minimum atomic E-state index is -0.554. The van der Waals surface area contributed by atoms with E-state index in [1.165, 1.54) is 0 Å². The Morgan fingerprint density at radius 2 is 1.89 bits per heavy atom. The first-order valence-electron chi connectivity index (χ1n) is 6.24. The van der Waals surface area contributed by atoms with Gasteiger partial charge in [0.05, 0.1) is 17.3 Å². The van der Waals surface area contributed by atoms with Gasteiger partial charge in [0, 0.05) is 31.2 Å². The molecular weight excluding hydrogens is 238 g/mol. The number of fused-ring (bicyclic) bond motifs is 1. The summed E-state index contributed by atoms with van der Waals surface area (Å²) in [5.41, 5.74) is 2.87. The Morgan fingerprint density at radius 1 is 1.16 bits per heavy atom. The van der Waals surface area contributed by atoms with Gasteiger partial charge >= 0.3 is 0 Å². The maximum atomic E-state index is 10.3. The van der Waals surface area contributed by atoms with E-state index in [9.17, 15) is 5.11 Å². The van der Waals surface area contributed by atoms with Gasteiger partial charge in [-0.05, 0) is 23.8 Å². The van der Waals surface area contributed by atoms with Crippen LogP contribution in [-0.4, -0.2) is 19.9 Å². The Bertz CT molecular complexity index is 691. The van der Waals surface area contributed by atoms with Crippen LogP contribution in [0.25, 0.3) is 10.9 Å². The Labute approximate surface area is 111 Å². The molecule has 0 aliphatic heterocycles. The van der Waals surface area contributed by atoms with Gasteiger partial charge in [0.15, 0.2) is 0 Å². The maximum absolute atomic E-state index is 10.3. The first-order valence-corrected chi connectivity index (χ1v) is 6.24. The lowest BCUT2D eigenvalue weighted by atomic mass is 10.0. The van der Waals surface area contributed by atoms with Crippen LogP contribution in [0.15, 0.2) is 48.8 Å². The first-order chi connectivity index (χ1) is 9.25. The molecule has 3 aromatic rings. The summed E-state index contributed by atoms with van der Waals surface area (Å²) >= 11 is 0. The van der Waals surface area contributed by atoms with Crippen LogP contribution in [0.4, 0.5) is 0 Å². The summed E-state index contributed by atoms with van der Waals surface area (Å²) in [6.07, 6.45) is 3.33. The molecule has 1 aromatic carbocycles. The molecule has 0 saturated heterocycles. The molecule has 3 rings (SSSR count). The molecule has 1 N–H and O–H groups in total. The molecule has 0 amide bonds. The van der Waals surface area contributed by atoms with Crippen LogP contribution in [0.5, 0.6) is 0 Å². The normalized spacial score (nSPS) is 12.7. The van der Waals surface area contributed by atoms with Crippen LogP contribution < -0.4 is 0 Å². The van der Waals surface area contributed by atoms with Crippen molar-refractivity contribution in [3.05, 3.63) is 60.0 Å². The highest BCUT2D eigenvalue weighted by Gasteiger charge is 2.14. The van der Waals surface area contributed by atoms with Crippen LogP contribution in [0.1, 0.15) is 17.4 Å². The van der Waals surface area contributed by atoms with Gasteiger partial charge in [-0.1, -0.05) is 18.2 Å². The number of aryl methyl sites for hydroxylation is 1. The fourth-order valence-electron chi connectivity index (χ4n) is 2.33. The van der Waals surface area contributed by atoms with Gasteiger partial charge in [-0.25, -0.2) is 0 Å². The highest BCUT2D eigenvalue weighted by Crippen LogP contribution is 2.23. The van der Waals surface area contributed by atoms with Crippen molar-refractivity contribution >= 4 is 10.9 Å². The summed E-state index contributed by atoms with van der Waals surface area (Å²) in [6, 6.07) is 11.7. The Balaban J connectivity index is 1.94. The first kappa shape index (κ1) is 11.9. The fraction of sp³-hybridized carbons (Fsp3) is 0.200. The van der Waals surface area contributed by atoms with Crippen LogP contribution in [-0.2, 0) is 13.5 Å². The molecule has 4 heteroatoms. The molecule has 0 bridgehead atoms. The molecule has 4 nitrogen and oxygen atoms in total. The van der Waals surface area contributed by atoms with Crippen LogP contribution >= 0.6 is 0 Å². The van der Waals surface area contributed by atoms with Gasteiger partial charge in [0.2, 0.25) is 0 Å². The van der Waals surface area contributed by atoms with Crippen LogP contribution in [0.2, 0.25) is 0 Å². The van der Waals surface area contributed by atoms with Crippen LogP contribution in [0, 0.1) is 0 Å². The minimum Gasteiger partial charge on any atom is -0.388 e. The molecule has 0 fully saturated rings. The maximum Gasteiger partial charge on any atom is 0.0847 e. The second kappa shape index (κ2) is 4.82. The lowest BCUT2D eigenvalue weighted by Gasteiger charge is -2.08.